The fourth-order valence-corrected chi connectivity index (χ4v) is 2.19. The molecule has 4 heteroatoms. The van der Waals surface area contributed by atoms with Gasteiger partial charge in [-0.2, -0.15) is 0 Å². The van der Waals surface area contributed by atoms with Crippen LogP contribution >= 0.6 is 11.9 Å². The monoisotopic (exact) mass is 212 g/mol. The van der Waals surface area contributed by atoms with Gasteiger partial charge in [-0.3, -0.25) is 4.72 Å². The summed E-state index contributed by atoms with van der Waals surface area (Å²) >= 11 is 1.75. The lowest BCUT2D eigenvalue weighted by Gasteiger charge is -2.21. The Bertz CT molecular complexity index is 281. The quantitative estimate of drug-likeness (QED) is 0.716. The van der Waals surface area contributed by atoms with E-state index in [2.05, 4.69) is 9.62 Å². The summed E-state index contributed by atoms with van der Waals surface area (Å²) in [6.45, 7) is 2.98. The zero-order valence-electron chi connectivity index (χ0n) is 7.87. The van der Waals surface area contributed by atoms with Crippen molar-refractivity contribution in [2.45, 2.75) is 0 Å². The van der Waals surface area contributed by atoms with Crippen LogP contribution < -0.4 is 9.62 Å². The maximum absolute atomic E-state index is 12.7. The van der Waals surface area contributed by atoms with E-state index in [-0.39, 0.29) is 5.82 Å². The van der Waals surface area contributed by atoms with E-state index in [9.17, 15) is 4.39 Å². The van der Waals surface area contributed by atoms with Crippen molar-refractivity contribution < 1.29 is 4.39 Å². The average Bonchev–Trinajstić information content (AvgIpc) is 2.47. The SMILES string of the molecule is Fc1ccc(N2CCNSCC2)cc1. The summed E-state index contributed by atoms with van der Waals surface area (Å²) in [4.78, 5) is 2.27. The van der Waals surface area contributed by atoms with Gasteiger partial charge in [-0.05, 0) is 24.3 Å². The van der Waals surface area contributed by atoms with E-state index in [0.29, 0.717) is 0 Å². The van der Waals surface area contributed by atoms with E-state index in [4.69, 9.17) is 0 Å². The Morgan fingerprint density at radius 3 is 2.79 bits per heavy atom. The topological polar surface area (TPSA) is 15.3 Å². The predicted molar refractivity (Wildman–Crippen MR) is 59.1 cm³/mol. The first kappa shape index (κ1) is 9.80. The van der Waals surface area contributed by atoms with Crippen LogP contribution in [0.25, 0.3) is 0 Å². The predicted octanol–water partition coefficient (Wildman–Crippen LogP) is 1.88. The molecule has 1 aliphatic heterocycles. The largest absolute Gasteiger partial charge is 0.369 e. The fraction of sp³-hybridized carbons (Fsp3) is 0.400. The number of nitrogens with one attached hydrogen (secondary N) is 1. The number of hydrogen-bond donors (Lipinski definition) is 1. The van der Waals surface area contributed by atoms with Crippen LogP contribution in [0, 0.1) is 5.82 Å². The first-order chi connectivity index (χ1) is 6.86. The Kier molecular flexibility index (Phi) is 3.26. The highest BCUT2D eigenvalue weighted by Gasteiger charge is 2.09. The van der Waals surface area contributed by atoms with Crippen LogP contribution in [0.15, 0.2) is 24.3 Å². The lowest BCUT2D eigenvalue weighted by atomic mass is 10.3. The highest BCUT2D eigenvalue weighted by atomic mass is 32.2. The second-order valence-corrected chi connectivity index (χ2v) is 4.19. The maximum atomic E-state index is 12.7. The van der Waals surface area contributed by atoms with Gasteiger partial charge < -0.3 is 4.90 Å². The molecule has 0 spiro atoms. The molecule has 76 valence electrons. The Labute approximate surface area is 87.6 Å². The molecule has 1 saturated heterocycles. The van der Waals surface area contributed by atoms with Crippen LogP contribution in [0.2, 0.25) is 0 Å². The van der Waals surface area contributed by atoms with Gasteiger partial charge in [-0.25, -0.2) is 4.39 Å². The lowest BCUT2D eigenvalue weighted by molar-refractivity contribution is 0.627. The molecule has 0 bridgehead atoms. The smallest absolute Gasteiger partial charge is 0.123 e. The summed E-state index contributed by atoms with van der Waals surface area (Å²) < 4.78 is 16.0. The van der Waals surface area contributed by atoms with Crippen molar-refractivity contribution in [1.29, 1.82) is 0 Å². The van der Waals surface area contributed by atoms with Crippen LogP contribution in [0.1, 0.15) is 0 Å². The molecule has 0 unspecified atom stereocenters. The molecular weight excluding hydrogens is 199 g/mol. The van der Waals surface area contributed by atoms with Gasteiger partial charge in [0.15, 0.2) is 0 Å². The van der Waals surface area contributed by atoms with E-state index < -0.39 is 0 Å². The molecule has 1 aliphatic rings. The third-order valence-electron chi connectivity index (χ3n) is 2.24. The van der Waals surface area contributed by atoms with E-state index in [1.807, 2.05) is 12.1 Å². The minimum atomic E-state index is -0.170. The first-order valence-electron chi connectivity index (χ1n) is 4.71. The molecule has 2 rings (SSSR count). The summed E-state index contributed by atoms with van der Waals surface area (Å²) in [5.41, 5.74) is 1.11. The zero-order valence-corrected chi connectivity index (χ0v) is 8.69. The van der Waals surface area contributed by atoms with Crippen LogP contribution in [0.5, 0.6) is 0 Å². The minimum absolute atomic E-state index is 0.170. The average molecular weight is 212 g/mol. The van der Waals surface area contributed by atoms with Crippen LogP contribution in [-0.4, -0.2) is 25.4 Å². The normalized spacial score (nSPS) is 17.9. The molecule has 0 amide bonds. The van der Waals surface area contributed by atoms with Crippen LogP contribution in [0.3, 0.4) is 0 Å². The molecule has 0 saturated carbocycles. The van der Waals surface area contributed by atoms with Crippen molar-refractivity contribution in [2.75, 3.05) is 30.3 Å². The van der Waals surface area contributed by atoms with Gasteiger partial charge in [-0.1, -0.05) is 11.9 Å². The summed E-state index contributed by atoms with van der Waals surface area (Å²) in [5, 5.41) is 0. The van der Waals surface area contributed by atoms with Crippen molar-refractivity contribution in [2.24, 2.45) is 0 Å². The Morgan fingerprint density at radius 2 is 2.00 bits per heavy atom. The zero-order chi connectivity index (χ0) is 9.80. The van der Waals surface area contributed by atoms with Crippen LogP contribution in [-0.2, 0) is 0 Å². The van der Waals surface area contributed by atoms with Crippen molar-refractivity contribution in [1.82, 2.24) is 4.72 Å². The Balaban J connectivity index is 2.08. The summed E-state index contributed by atoms with van der Waals surface area (Å²) in [5.74, 6) is 0.897. The van der Waals surface area contributed by atoms with Gasteiger partial charge in [-0.15, -0.1) is 0 Å². The number of hydrogen-bond acceptors (Lipinski definition) is 3. The maximum Gasteiger partial charge on any atom is 0.123 e. The Morgan fingerprint density at radius 1 is 1.21 bits per heavy atom. The van der Waals surface area contributed by atoms with Gasteiger partial charge in [0.25, 0.3) is 0 Å². The Hall–Kier alpha value is -0.740. The minimum Gasteiger partial charge on any atom is -0.369 e. The van der Waals surface area contributed by atoms with E-state index in [0.717, 1.165) is 31.1 Å². The molecule has 0 atom stereocenters. The second-order valence-electron chi connectivity index (χ2n) is 3.21. The summed E-state index contributed by atoms with van der Waals surface area (Å²) in [7, 11) is 0. The molecular formula is C10H13FN2S. The number of halogens is 1. The molecule has 14 heavy (non-hydrogen) atoms. The number of benzene rings is 1. The molecule has 1 aromatic carbocycles. The van der Waals surface area contributed by atoms with Crippen LogP contribution in [0.4, 0.5) is 10.1 Å². The third-order valence-corrected chi connectivity index (χ3v) is 3.04. The van der Waals surface area contributed by atoms with Gasteiger partial charge in [0, 0.05) is 31.1 Å². The number of anilines is 1. The van der Waals surface area contributed by atoms with Gasteiger partial charge in [0.1, 0.15) is 5.82 Å². The third kappa shape index (κ3) is 2.39. The van der Waals surface area contributed by atoms with Crippen molar-refractivity contribution >= 4 is 17.6 Å². The molecule has 1 heterocycles. The molecule has 0 radical (unpaired) electrons. The fourth-order valence-electron chi connectivity index (χ4n) is 1.50. The highest BCUT2D eigenvalue weighted by Crippen LogP contribution is 2.16. The number of rotatable bonds is 1. The van der Waals surface area contributed by atoms with E-state index >= 15 is 0 Å². The highest BCUT2D eigenvalue weighted by molar-refractivity contribution is 7.97. The van der Waals surface area contributed by atoms with E-state index in [1.54, 1.807) is 11.9 Å². The van der Waals surface area contributed by atoms with Crippen molar-refractivity contribution in [3.63, 3.8) is 0 Å². The standard InChI is InChI=1S/C10H13FN2S/c11-9-1-3-10(4-2-9)13-6-5-12-14-8-7-13/h1-4,12H,5-8H2. The first-order valence-corrected chi connectivity index (χ1v) is 5.70. The van der Waals surface area contributed by atoms with Crippen molar-refractivity contribution in [3.05, 3.63) is 30.1 Å². The number of nitrogens with zero attached hydrogens (tertiary/aromatic N) is 1. The molecule has 1 fully saturated rings. The van der Waals surface area contributed by atoms with Crippen molar-refractivity contribution in [3.8, 4) is 0 Å². The molecule has 1 N–H and O–H groups in total. The summed E-state index contributed by atoms with van der Waals surface area (Å²) in [6, 6.07) is 6.71. The van der Waals surface area contributed by atoms with Gasteiger partial charge >= 0.3 is 0 Å². The molecule has 0 aliphatic carbocycles. The van der Waals surface area contributed by atoms with Gasteiger partial charge in [0.2, 0.25) is 0 Å². The van der Waals surface area contributed by atoms with Gasteiger partial charge in [0.05, 0.1) is 0 Å². The molecule has 2 nitrogen and oxygen atoms in total. The second kappa shape index (κ2) is 4.66. The lowest BCUT2D eigenvalue weighted by Crippen LogP contribution is -2.28. The molecule has 1 aromatic rings. The summed E-state index contributed by atoms with van der Waals surface area (Å²) in [6.07, 6.45) is 0. The van der Waals surface area contributed by atoms with E-state index in [1.165, 1.54) is 12.1 Å². The molecule has 0 aromatic heterocycles.